The van der Waals surface area contributed by atoms with Crippen molar-refractivity contribution < 1.29 is 0 Å². The normalized spacial score (nSPS) is 12.9. The van der Waals surface area contributed by atoms with Crippen molar-refractivity contribution in [3.05, 3.63) is 0 Å². The van der Waals surface area contributed by atoms with Crippen molar-refractivity contribution >= 4 is 73.0 Å². The first-order valence-corrected chi connectivity index (χ1v) is 9.99. The van der Waals surface area contributed by atoms with Crippen molar-refractivity contribution in [2.75, 3.05) is 0 Å². The maximum Gasteiger partial charge on any atom is 0.254 e. The standard InChI is InChI=1S/CHBr3Cl2P/c2-7(3,4)1(5)6/h1H/q+1. The predicted molar refractivity (Wildman–Crippen MR) is 49.2 cm³/mol. The Labute approximate surface area is 76.9 Å². The van der Waals surface area contributed by atoms with Crippen molar-refractivity contribution in [2.24, 2.45) is 0 Å². The molecular weight excluding hydrogens is 354 g/mol. The smallest absolute Gasteiger partial charge is 0.0582 e. The van der Waals surface area contributed by atoms with E-state index in [-0.39, 0.29) is 0 Å². The summed E-state index contributed by atoms with van der Waals surface area (Å²) < 4.78 is -1.92. The molecule has 0 radical (unpaired) electrons. The molecule has 0 fully saturated rings. The molecule has 0 bridgehead atoms. The number of hydrogen-bond donors (Lipinski definition) is 0. The molecule has 0 spiro atoms. The van der Waals surface area contributed by atoms with Crippen LogP contribution in [0.5, 0.6) is 0 Å². The van der Waals surface area contributed by atoms with Crippen LogP contribution in [0.4, 0.5) is 0 Å². The van der Waals surface area contributed by atoms with Crippen LogP contribution in [0.1, 0.15) is 0 Å². The molecule has 0 aromatic carbocycles. The molecule has 0 rings (SSSR count). The van der Waals surface area contributed by atoms with E-state index in [2.05, 4.69) is 46.5 Å². The van der Waals surface area contributed by atoms with E-state index in [0.717, 1.165) is 0 Å². The molecular formula is CHBr3Cl2P+. The Morgan fingerprint density at radius 1 is 1.14 bits per heavy atom. The van der Waals surface area contributed by atoms with Crippen LogP contribution in [0.25, 0.3) is 0 Å². The van der Waals surface area contributed by atoms with Gasteiger partial charge in [0.05, 0.1) is 0 Å². The highest BCUT2D eigenvalue weighted by Crippen LogP contribution is 2.84. The van der Waals surface area contributed by atoms with Crippen molar-refractivity contribution in [1.29, 1.82) is 0 Å². The highest BCUT2D eigenvalue weighted by atomic mass is 80.0. The molecule has 0 atom stereocenters. The lowest BCUT2D eigenvalue weighted by Crippen LogP contribution is -1.73. The number of halogens is 5. The van der Waals surface area contributed by atoms with Crippen LogP contribution in [0.15, 0.2) is 0 Å². The van der Waals surface area contributed by atoms with Crippen LogP contribution in [-0.4, -0.2) is 4.58 Å². The highest BCUT2D eigenvalue weighted by Gasteiger charge is 2.38. The zero-order chi connectivity index (χ0) is 6.08. The first kappa shape index (κ1) is 9.45. The lowest BCUT2D eigenvalue weighted by atomic mass is 11.9. The fraction of sp³-hybridized carbons (Fsp3) is 1.00. The van der Waals surface area contributed by atoms with Gasteiger partial charge in [-0.2, -0.15) is 0 Å². The zero-order valence-corrected chi connectivity index (χ0v) is 10.1. The van der Waals surface area contributed by atoms with Crippen molar-refractivity contribution in [2.45, 2.75) is 4.58 Å². The minimum Gasteiger partial charge on any atom is -0.0582 e. The molecule has 7 heavy (non-hydrogen) atoms. The van der Waals surface area contributed by atoms with E-state index in [0.29, 0.717) is 0 Å². The molecule has 0 heterocycles. The minimum absolute atomic E-state index is 0.396. The quantitative estimate of drug-likeness (QED) is 0.473. The zero-order valence-electron chi connectivity index (χ0n) is 2.91. The number of rotatable bonds is 1. The van der Waals surface area contributed by atoms with Crippen LogP contribution in [0.3, 0.4) is 0 Å². The molecule has 0 amide bonds. The molecule has 0 aromatic heterocycles. The molecule has 0 aliphatic rings. The Morgan fingerprint density at radius 3 is 1.29 bits per heavy atom. The molecule has 0 saturated heterocycles. The summed E-state index contributed by atoms with van der Waals surface area (Å²) in [6.07, 6.45) is 0. The molecule has 6 heteroatoms. The molecule has 0 unspecified atom stereocenters. The Hall–Kier alpha value is 2.45. The summed E-state index contributed by atoms with van der Waals surface area (Å²) in [5, 5.41) is 0. The maximum atomic E-state index is 5.43. The van der Waals surface area contributed by atoms with Gasteiger partial charge in [-0.25, -0.2) is 0 Å². The average molecular weight is 355 g/mol. The Morgan fingerprint density at radius 2 is 1.29 bits per heavy atom. The lowest BCUT2D eigenvalue weighted by molar-refractivity contribution is 1.99. The maximum absolute atomic E-state index is 5.43. The molecule has 0 aliphatic carbocycles. The van der Waals surface area contributed by atoms with Crippen LogP contribution < -0.4 is 0 Å². The molecule has 0 aromatic rings. The second kappa shape index (κ2) is 3.58. The van der Waals surface area contributed by atoms with Crippen molar-refractivity contribution in [1.82, 2.24) is 0 Å². The van der Waals surface area contributed by atoms with E-state index in [9.17, 15) is 0 Å². The summed E-state index contributed by atoms with van der Waals surface area (Å²) in [5.74, 6) is 0. The summed E-state index contributed by atoms with van der Waals surface area (Å²) in [7, 11) is 0. The van der Waals surface area contributed by atoms with E-state index in [4.69, 9.17) is 23.2 Å². The highest BCUT2D eigenvalue weighted by molar-refractivity contribution is 9.97. The van der Waals surface area contributed by atoms with Gasteiger partial charge < -0.3 is 0 Å². The van der Waals surface area contributed by atoms with Gasteiger partial charge in [-0.3, -0.25) is 0 Å². The van der Waals surface area contributed by atoms with Gasteiger partial charge in [0.2, 0.25) is 4.58 Å². The summed E-state index contributed by atoms with van der Waals surface area (Å²) in [5.41, 5.74) is 0. The van der Waals surface area contributed by atoms with Gasteiger partial charge in [0, 0.05) is 0 Å². The van der Waals surface area contributed by atoms with Gasteiger partial charge in [0.25, 0.3) is 3.37 Å². The van der Waals surface area contributed by atoms with E-state index in [1.54, 1.807) is 0 Å². The Kier molecular flexibility index (Phi) is 4.83. The van der Waals surface area contributed by atoms with Gasteiger partial charge in [0.15, 0.2) is 46.5 Å². The monoisotopic (exact) mass is 351 g/mol. The minimum atomic E-state index is -1.52. The summed E-state index contributed by atoms with van der Waals surface area (Å²) in [6, 6.07) is 0. The summed E-state index contributed by atoms with van der Waals surface area (Å²) in [4.78, 5) is 0. The first-order chi connectivity index (χ1) is 2.94. The van der Waals surface area contributed by atoms with Gasteiger partial charge in [-0.15, -0.1) is 0 Å². The third-order valence-corrected chi connectivity index (χ3v) is 10.3. The molecule has 0 saturated carbocycles. The number of alkyl halides is 2. The van der Waals surface area contributed by atoms with Gasteiger partial charge in [-0.1, -0.05) is 23.2 Å². The fourth-order valence-corrected chi connectivity index (χ4v) is 0. The largest absolute Gasteiger partial charge is 0.254 e. The molecule has 0 nitrogen and oxygen atoms in total. The van der Waals surface area contributed by atoms with Crippen LogP contribution in [0, 0.1) is 0 Å². The van der Waals surface area contributed by atoms with Crippen LogP contribution in [0.2, 0.25) is 0 Å². The average Bonchev–Trinajstić information content (AvgIpc) is 1.31. The topological polar surface area (TPSA) is 0 Å². The fourth-order valence-electron chi connectivity index (χ4n) is 0. The van der Waals surface area contributed by atoms with E-state index < -0.39 is 7.95 Å². The third-order valence-electron chi connectivity index (χ3n) is 0.221. The Bertz CT molecular complexity index is 58.4. The second-order valence-corrected chi connectivity index (χ2v) is 22.6. The number of hydrogen-bond acceptors (Lipinski definition) is 0. The molecule has 44 valence electrons. The SMILES string of the molecule is ClC(Cl)[P+](Br)(Br)Br. The first-order valence-electron chi connectivity index (χ1n) is 1.20. The van der Waals surface area contributed by atoms with Gasteiger partial charge in [-0.05, 0) is 0 Å². The van der Waals surface area contributed by atoms with Crippen molar-refractivity contribution in [3.63, 3.8) is 0 Å². The van der Waals surface area contributed by atoms with Crippen LogP contribution in [-0.2, 0) is 0 Å². The Balaban J connectivity index is 3.54. The van der Waals surface area contributed by atoms with E-state index in [1.165, 1.54) is 0 Å². The predicted octanol–water partition coefficient (Wildman–Crippen LogP) is 4.69. The summed E-state index contributed by atoms with van der Waals surface area (Å²) >= 11 is 20.5. The molecule has 0 N–H and O–H groups in total. The third kappa shape index (κ3) is 4.92. The van der Waals surface area contributed by atoms with Gasteiger partial charge >= 0.3 is 0 Å². The molecule has 0 aliphatic heterocycles. The van der Waals surface area contributed by atoms with Crippen molar-refractivity contribution in [3.8, 4) is 0 Å². The van der Waals surface area contributed by atoms with E-state index in [1.807, 2.05) is 0 Å². The van der Waals surface area contributed by atoms with Crippen LogP contribution >= 0.6 is 73.0 Å². The van der Waals surface area contributed by atoms with Gasteiger partial charge in [0.1, 0.15) is 0 Å². The lowest BCUT2D eigenvalue weighted by Gasteiger charge is -1.98. The van der Waals surface area contributed by atoms with E-state index >= 15 is 0 Å². The summed E-state index contributed by atoms with van der Waals surface area (Å²) in [6.45, 7) is 0. The second-order valence-electron chi connectivity index (χ2n) is 0.762.